The number of benzene rings is 2. The molecule has 0 aliphatic carbocycles. The summed E-state index contributed by atoms with van der Waals surface area (Å²) >= 11 is 0. The predicted octanol–water partition coefficient (Wildman–Crippen LogP) is 1.35. The number of primary amides is 2. The van der Waals surface area contributed by atoms with Gasteiger partial charge in [0.15, 0.2) is 0 Å². The molecule has 10 heteroatoms. The van der Waals surface area contributed by atoms with E-state index in [1.54, 1.807) is 48.5 Å². The lowest BCUT2D eigenvalue weighted by molar-refractivity contribution is 0.0906. The fourth-order valence-electron chi connectivity index (χ4n) is 3.09. The number of urea groups is 2. The predicted molar refractivity (Wildman–Crippen MR) is 124 cm³/mol. The van der Waals surface area contributed by atoms with E-state index in [2.05, 4.69) is 21.3 Å². The molecule has 0 saturated carbocycles. The minimum absolute atomic E-state index is 0.235. The van der Waals surface area contributed by atoms with Gasteiger partial charge in [-0.2, -0.15) is 0 Å². The van der Waals surface area contributed by atoms with E-state index < -0.39 is 12.1 Å². The fourth-order valence-corrected chi connectivity index (χ4v) is 3.09. The van der Waals surface area contributed by atoms with Crippen LogP contribution in [-0.4, -0.2) is 36.5 Å². The van der Waals surface area contributed by atoms with Crippen LogP contribution in [0, 0.1) is 0 Å². The fraction of sp³-hybridized carbons (Fsp3) is 0.304. The van der Waals surface area contributed by atoms with Crippen molar-refractivity contribution in [1.29, 1.82) is 0 Å². The Hall–Kier alpha value is -4.08. The summed E-state index contributed by atoms with van der Waals surface area (Å²) in [7, 11) is 0. The van der Waals surface area contributed by atoms with Gasteiger partial charge < -0.3 is 32.7 Å². The van der Waals surface area contributed by atoms with E-state index in [4.69, 9.17) is 11.5 Å². The molecule has 0 saturated heterocycles. The van der Waals surface area contributed by atoms with Crippen molar-refractivity contribution in [2.75, 3.05) is 6.54 Å². The maximum absolute atomic E-state index is 12.6. The second kappa shape index (κ2) is 12.7. The molecule has 0 radical (unpaired) electrons. The van der Waals surface area contributed by atoms with Gasteiger partial charge in [0.2, 0.25) is 0 Å². The average Bonchev–Trinajstić information content (AvgIpc) is 2.80. The molecule has 0 aliphatic heterocycles. The first-order valence-corrected chi connectivity index (χ1v) is 10.6. The zero-order chi connectivity index (χ0) is 24.2. The van der Waals surface area contributed by atoms with Crippen molar-refractivity contribution < 1.29 is 19.2 Å². The molecule has 10 nitrogen and oxygen atoms in total. The molecule has 2 aromatic carbocycles. The number of hydrogen-bond donors (Lipinski definition) is 6. The Bertz CT molecular complexity index is 960. The Morgan fingerprint density at radius 3 is 1.61 bits per heavy atom. The molecule has 1 unspecified atom stereocenters. The van der Waals surface area contributed by atoms with Gasteiger partial charge in [-0.05, 0) is 41.8 Å². The minimum Gasteiger partial charge on any atom is -0.352 e. The molecule has 0 aliphatic rings. The summed E-state index contributed by atoms with van der Waals surface area (Å²) in [6, 6.07) is 12.2. The molecule has 0 fully saturated rings. The summed E-state index contributed by atoms with van der Waals surface area (Å²) in [5.74, 6) is -0.505. The van der Waals surface area contributed by atoms with Crippen LogP contribution in [0.4, 0.5) is 9.59 Å². The van der Waals surface area contributed by atoms with Crippen molar-refractivity contribution in [3.8, 4) is 0 Å². The summed E-state index contributed by atoms with van der Waals surface area (Å²) in [5, 5.41) is 10.8. The Kier molecular flexibility index (Phi) is 9.69. The number of carbonyl (C=O) groups is 4. The maximum atomic E-state index is 12.6. The Balaban J connectivity index is 1.89. The number of nitrogens with two attached hydrogens (primary N) is 2. The summed E-state index contributed by atoms with van der Waals surface area (Å²) in [6.45, 7) is 2.85. The first kappa shape index (κ1) is 25.2. The second-order valence-electron chi connectivity index (χ2n) is 7.50. The molecule has 0 spiro atoms. The third-order valence-corrected chi connectivity index (χ3v) is 4.85. The number of hydrogen-bond acceptors (Lipinski definition) is 4. The summed E-state index contributed by atoms with van der Waals surface area (Å²) in [5.41, 5.74) is 12.7. The molecule has 176 valence electrons. The molecule has 2 aromatic rings. The molecular formula is C23H30N6O4. The molecule has 6 amide bonds. The summed E-state index contributed by atoms with van der Waals surface area (Å²) < 4.78 is 0. The van der Waals surface area contributed by atoms with Crippen LogP contribution in [-0.2, 0) is 13.1 Å². The standard InChI is InChI=1S/C23H30N6O4/c1-2-3-19(29-21(31)18-10-6-16(7-11-18)13-28-23(25)33)14-26-20(30)17-8-4-15(5-9-17)12-27-22(24)32/h4-11,19H,2-3,12-14H2,1H3,(H,26,30)(H,29,31)(H3,24,27,32)(H3,25,28,33). The molecule has 1 atom stereocenters. The Morgan fingerprint density at radius 1 is 0.727 bits per heavy atom. The van der Waals surface area contributed by atoms with Crippen molar-refractivity contribution >= 4 is 23.9 Å². The van der Waals surface area contributed by atoms with Gasteiger partial charge in [-0.25, -0.2) is 9.59 Å². The van der Waals surface area contributed by atoms with Crippen molar-refractivity contribution in [2.45, 2.75) is 38.9 Å². The largest absolute Gasteiger partial charge is 0.352 e. The molecule has 2 rings (SSSR count). The summed E-state index contributed by atoms with van der Waals surface area (Å²) in [6.07, 6.45) is 1.53. The van der Waals surface area contributed by atoms with Crippen LogP contribution in [0.15, 0.2) is 48.5 Å². The monoisotopic (exact) mass is 454 g/mol. The van der Waals surface area contributed by atoms with Gasteiger partial charge in [0.25, 0.3) is 11.8 Å². The number of rotatable bonds is 11. The van der Waals surface area contributed by atoms with Gasteiger partial charge in [0.1, 0.15) is 0 Å². The smallest absolute Gasteiger partial charge is 0.312 e. The van der Waals surface area contributed by atoms with E-state index in [0.717, 1.165) is 17.5 Å². The maximum Gasteiger partial charge on any atom is 0.312 e. The van der Waals surface area contributed by atoms with Gasteiger partial charge in [-0.15, -0.1) is 0 Å². The van der Waals surface area contributed by atoms with Crippen molar-refractivity contribution in [3.63, 3.8) is 0 Å². The van der Waals surface area contributed by atoms with Gasteiger partial charge >= 0.3 is 12.1 Å². The molecule has 0 aromatic heterocycles. The molecule has 33 heavy (non-hydrogen) atoms. The minimum atomic E-state index is -0.614. The molecule has 0 heterocycles. The first-order chi connectivity index (χ1) is 15.8. The van der Waals surface area contributed by atoms with E-state index in [0.29, 0.717) is 17.5 Å². The van der Waals surface area contributed by atoms with E-state index >= 15 is 0 Å². The van der Waals surface area contributed by atoms with Gasteiger partial charge in [-0.3, -0.25) is 9.59 Å². The highest BCUT2D eigenvalue weighted by atomic mass is 16.2. The van der Waals surface area contributed by atoms with Gasteiger partial charge in [0, 0.05) is 36.8 Å². The van der Waals surface area contributed by atoms with Crippen molar-refractivity contribution in [1.82, 2.24) is 21.3 Å². The lowest BCUT2D eigenvalue weighted by atomic mass is 10.1. The Labute approximate surface area is 192 Å². The number of carbonyl (C=O) groups excluding carboxylic acids is 4. The highest BCUT2D eigenvalue weighted by Gasteiger charge is 2.15. The highest BCUT2D eigenvalue weighted by Crippen LogP contribution is 2.07. The van der Waals surface area contributed by atoms with Crippen molar-refractivity contribution in [3.05, 3.63) is 70.8 Å². The topological polar surface area (TPSA) is 168 Å². The van der Waals surface area contributed by atoms with Crippen LogP contribution in [0.25, 0.3) is 0 Å². The van der Waals surface area contributed by atoms with Gasteiger partial charge in [0.05, 0.1) is 0 Å². The number of nitrogens with one attached hydrogen (secondary N) is 4. The van der Waals surface area contributed by atoms with Crippen LogP contribution >= 0.6 is 0 Å². The first-order valence-electron chi connectivity index (χ1n) is 10.6. The van der Waals surface area contributed by atoms with Crippen LogP contribution in [0.3, 0.4) is 0 Å². The van der Waals surface area contributed by atoms with E-state index in [-0.39, 0.29) is 37.5 Å². The van der Waals surface area contributed by atoms with Crippen LogP contribution in [0.1, 0.15) is 51.6 Å². The van der Waals surface area contributed by atoms with Crippen LogP contribution in [0.5, 0.6) is 0 Å². The lowest BCUT2D eigenvalue weighted by Gasteiger charge is -2.19. The van der Waals surface area contributed by atoms with E-state index in [1.807, 2.05) is 6.92 Å². The zero-order valence-electron chi connectivity index (χ0n) is 18.5. The van der Waals surface area contributed by atoms with Gasteiger partial charge in [-0.1, -0.05) is 37.6 Å². The second-order valence-corrected chi connectivity index (χ2v) is 7.50. The van der Waals surface area contributed by atoms with Crippen LogP contribution < -0.4 is 32.7 Å². The molecule has 0 bridgehead atoms. The number of amides is 6. The van der Waals surface area contributed by atoms with Crippen molar-refractivity contribution in [2.24, 2.45) is 11.5 Å². The quantitative estimate of drug-likeness (QED) is 0.301. The van der Waals surface area contributed by atoms with E-state index in [9.17, 15) is 19.2 Å². The average molecular weight is 455 g/mol. The highest BCUT2D eigenvalue weighted by molar-refractivity contribution is 5.95. The van der Waals surface area contributed by atoms with E-state index in [1.165, 1.54) is 0 Å². The molecular weight excluding hydrogens is 424 g/mol. The third-order valence-electron chi connectivity index (χ3n) is 4.85. The third kappa shape index (κ3) is 8.90. The SMILES string of the molecule is CCCC(CNC(=O)c1ccc(CNC(N)=O)cc1)NC(=O)c1ccc(CNC(N)=O)cc1. The zero-order valence-corrected chi connectivity index (χ0v) is 18.5. The summed E-state index contributed by atoms with van der Waals surface area (Å²) in [4.78, 5) is 46.7. The Morgan fingerprint density at radius 2 is 1.18 bits per heavy atom. The lowest BCUT2D eigenvalue weighted by Crippen LogP contribution is -2.43. The van der Waals surface area contributed by atoms with Crippen LogP contribution in [0.2, 0.25) is 0 Å². The normalized spacial score (nSPS) is 11.2. The molecule has 8 N–H and O–H groups in total.